The van der Waals surface area contributed by atoms with Gasteiger partial charge in [0.05, 0.1) is 6.42 Å². The summed E-state index contributed by atoms with van der Waals surface area (Å²) in [6.45, 7) is 4.63. The predicted molar refractivity (Wildman–Crippen MR) is 136 cm³/mol. The molecule has 1 aromatic heterocycles. The Morgan fingerprint density at radius 3 is 2.32 bits per heavy atom. The van der Waals surface area contributed by atoms with Crippen molar-refractivity contribution in [3.05, 3.63) is 92.3 Å². The summed E-state index contributed by atoms with van der Waals surface area (Å²) in [5, 5.41) is 1.97. The fourth-order valence-electron chi connectivity index (χ4n) is 3.99. The third kappa shape index (κ3) is 6.74. The maximum Gasteiger partial charge on any atom is 0.253 e. The van der Waals surface area contributed by atoms with Gasteiger partial charge in [0.1, 0.15) is 5.82 Å². The molecule has 0 bridgehead atoms. The molecular formula is C26H27BrFN3O2S. The van der Waals surface area contributed by atoms with Gasteiger partial charge in [0.2, 0.25) is 5.91 Å². The minimum atomic E-state index is -0.282. The van der Waals surface area contributed by atoms with Crippen LogP contribution in [0.2, 0.25) is 0 Å². The molecule has 1 aliphatic rings. The number of piperazine rings is 1. The van der Waals surface area contributed by atoms with Gasteiger partial charge in [-0.25, -0.2) is 4.39 Å². The number of nitrogens with zero attached hydrogens (tertiary/aromatic N) is 3. The number of amides is 2. The van der Waals surface area contributed by atoms with Crippen LogP contribution in [0.15, 0.2) is 70.5 Å². The number of thiophene rings is 1. The monoisotopic (exact) mass is 543 g/mol. The van der Waals surface area contributed by atoms with Crippen molar-refractivity contribution in [2.24, 2.45) is 0 Å². The first kappa shape index (κ1) is 24.6. The Balaban J connectivity index is 1.32. The molecule has 2 heterocycles. The van der Waals surface area contributed by atoms with Gasteiger partial charge in [-0.15, -0.1) is 11.3 Å². The number of hydrogen-bond donors (Lipinski definition) is 0. The lowest BCUT2D eigenvalue weighted by molar-refractivity contribution is -0.131. The quantitative estimate of drug-likeness (QED) is 0.414. The second-order valence-electron chi connectivity index (χ2n) is 8.34. The molecule has 3 aromatic rings. The normalized spacial score (nSPS) is 14.2. The third-order valence-electron chi connectivity index (χ3n) is 5.98. The van der Waals surface area contributed by atoms with Crippen molar-refractivity contribution >= 4 is 39.1 Å². The average Bonchev–Trinajstić information content (AvgIpc) is 3.36. The Morgan fingerprint density at radius 1 is 0.971 bits per heavy atom. The molecular weight excluding hydrogens is 517 g/mol. The SMILES string of the molecule is O=C(Cc1cccs1)N(CCN1CCN(C(=O)c2ccc(Br)cc2)CC1)Cc1ccc(F)cc1. The Kier molecular flexibility index (Phi) is 8.48. The molecule has 1 fully saturated rings. The highest BCUT2D eigenvalue weighted by molar-refractivity contribution is 9.10. The summed E-state index contributed by atoms with van der Waals surface area (Å²) in [5.74, 6) is -0.164. The van der Waals surface area contributed by atoms with Crippen LogP contribution in [0.25, 0.3) is 0 Å². The summed E-state index contributed by atoms with van der Waals surface area (Å²) >= 11 is 4.98. The van der Waals surface area contributed by atoms with E-state index in [1.54, 1.807) is 23.5 Å². The maximum atomic E-state index is 13.3. The standard InChI is InChI=1S/C26H27BrFN3O2S/c27-22-7-5-21(6-8-22)26(33)30-14-11-29(12-15-30)13-16-31(19-20-3-9-23(28)10-4-20)25(32)18-24-2-1-17-34-24/h1-10,17H,11-16,18-19H2. The first-order chi connectivity index (χ1) is 16.5. The number of rotatable bonds is 8. The van der Waals surface area contributed by atoms with Crippen molar-refractivity contribution < 1.29 is 14.0 Å². The Labute approximate surface area is 211 Å². The van der Waals surface area contributed by atoms with Crippen LogP contribution in [0, 0.1) is 5.82 Å². The van der Waals surface area contributed by atoms with Crippen LogP contribution in [0.1, 0.15) is 20.8 Å². The highest BCUT2D eigenvalue weighted by Gasteiger charge is 2.23. The van der Waals surface area contributed by atoms with Gasteiger partial charge >= 0.3 is 0 Å². The fourth-order valence-corrected chi connectivity index (χ4v) is 4.95. The van der Waals surface area contributed by atoms with Crippen molar-refractivity contribution in [3.8, 4) is 0 Å². The van der Waals surface area contributed by atoms with E-state index in [2.05, 4.69) is 20.8 Å². The van der Waals surface area contributed by atoms with E-state index >= 15 is 0 Å². The van der Waals surface area contributed by atoms with Crippen molar-refractivity contribution in [2.45, 2.75) is 13.0 Å². The predicted octanol–water partition coefficient (Wildman–Crippen LogP) is 4.68. The van der Waals surface area contributed by atoms with Gasteiger partial charge in [-0.2, -0.15) is 0 Å². The maximum absolute atomic E-state index is 13.3. The molecule has 34 heavy (non-hydrogen) atoms. The van der Waals surface area contributed by atoms with Crippen molar-refractivity contribution in [2.75, 3.05) is 39.3 Å². The lowest BCUT2D eigenvalue weighted by atomic mass is 10.1. The molecule has 1 saturated heterocycles. The Bertz CT molecular complexity index is 1080. The number of carbonyl (C=O) groups is 2. The zero-order valence-electron chi connectivity index (χ0n) is 18.8. The summed E-state index contributed by atoms with van der Waals surface area (Å²) in [6, 6.07) is 17.7. The molecule has 0 saturated carbocycles. The highest BCUT2D eigenvalue weighted by Crippen LogP contribution is 2.15. The topological polar surface area (TPSA) is 43.9 Å². The van der Waals surface area contributed by atoms with Crippen LogP contribution in [0.4, 0.5) is 4.39 Å². The highest BCUT2D eigenvalue weighted by atomic mass is 79.9. The number of halogens is 2. The molecule has 2 aromatic carbocycles. The average molecular weight is 544 g/mol. The Hall–Kier alpha value is -2.55. The molecule has 8 heteroatoms. The zero-order chi connectivity index (χ0) is 23.9. The summed E-state index contributed by atoms with van der Waals surface area (Å²) in [5.41, 5.74) is 1.60. The zero-order valence-corrected chi connectivity index (χ0v) is 21.2. The van der Waals surface area contributed by atoms with Gasteiger partial charge in [-0.3, -0.25) is 14.5 Å². The number of benzene rings is 2. The van der Waals surface area contributed by atoms with E-state index in [4.69, 9.17) is 0 Å². The van der Waals surface area contributed by atoms with Crippen molar-refractivity contribution in [1.29, 1.82) is 0 Å². The van der Waals surface area contributed by atoms with Gasteiger partial charge in [0, 0.05) is 60.7 Å². The van der Waals surface area contributed by atoms with Crippen LogP contribution < -0.4 is 0 Å². The van der Waals surface area contributed by atoms with E-state index in [0.29, 0.717) is 38.2 Å². The summed E-state index contributed by atoms with van der Waals surface area (Å²) in [6.07, 6.45) is 0.369. The molecule has 0 atom stereocenters. The first-order valence-corrected chi connectivity index (χ1v) is 13.0. The van der Waals surface area contributed by atoms with E-state index in [-0.39, 0.29) is 17.6 Å². The minimum absolute atomic E-state index is 0.0520. The molecule has 2 amide bonds. The van der Waals surface area contributed by atoms with Crippen LogP contribution in [0.3, 0.4) is 0 Å². The van der Waals surface area contributed by atoms with Gasteiger partial charge < -0.3 is 9.80 Å². The van der Waals surface area contributed by atoms with E-state index in [9.17, 15) is 14.0 Å². The summed E-state index contributed by atoms with van der Waals surface area (Å²) in [4.78, 5) is 32.9. The minimum Gasteiger partial charge on any atom is -0.337 e. The smallest absolute Gasteiger partial charge is 0.253 e. The number of hydrogen-bond acceptors (Lipinski definition) is 4. The van der Waals surface area contributed by atoms with Crippen LogP contribution in [0.5, 0.6) is 0 Å². The number of carbonyl (C=O) groups excluding carboxylic acids is 2. The molecule has 4 rings (SSSR count). The molecule has 0 spiro atoms. The molecule has 0 aliphatic carbocycles. The third-order valence-corrected chi connectivity index (χ3v) is 7.39. The lowest BCUT2D eigenvalue weighted by Crippen LogP contribution is -2.50. The van der Waals surface area contributed by atoms with Gasteiger partial charge in [0.15, 0.2) is 0 Å². The van der Waals surface area contributed by atoms with Crippen LogP contribution in [-0.2, 0) is 17.8 Å². The molecule has 1 aliphatic heterocycles. The molecule has 178 valence electrons. The Morgan fingerprint density at radius 2 is 1.68 bits per heavy atom. The van der Waals surface area contributed by atoms with Crippen molar-refractivity contribution in [1.82, 2.24) is 14.7 Å². The van der Waals surface area contributed by atoms with E-state index in [1.807, 2.05) is 51.6 Å². The van der Waals surface area contributed by atoms with E-state index < -0.39 is 0 Å². The second kappa shape index (κ2) is 11.7. The van der Waals surface area contributed by atoms with Crippen LogP contribution in [-0.4, -0.2) is 65.8 Å². The molecule has 0 N–H and O–H groups in total. The molecule has 5 nitrogen and oxygen atoms in total. The van der Waals surface area contributed by atoms with Gasteiger partial charge in [-0.1, -0.05) is 34.1 Å². The lowest BCUT2D eigenvalue weighted by Gasteiger charge is -2.36. The fraction of sp³-hybridized carbons (Fsp3) is 0.308. The summed E-state index contributed by atoms with van der Waals surface area (Å²) < 4.78 is 14.3. The van der Waals surface area contributed by atoms with E-state index in [1.165, 1.54) is 12.1 Å². The van der Waals surface area contributed by atoms with E-state index in [0.717, 1.165) is 34.5 Å². The second-order valence-corrected chi connectivity index (χ2v) is 10.3. The van der Waals surface area contributed by atoms with Crippen molar-refractivity contribution in [3.63, 3.8) is 0 Å². The molecule has 0 radical (unpaired) electrons. The molecule has 0 unspecified atom stereocenters. The van der Waals surface area contributed by atoms with Gasteiger partial charge in [0.25, 0.3) is 5.91 Å². The van der Waals surface area contributed by atoms with Crippen LogP contribution >= 0.6 is 27.3 Å². The summed E-state index contributed by atoms with van der Waals surface area (Å²) in [7, 11) is 0. The largest absolute Gasteiger partial charge is 0.337 e. The first-order valence-electron chi connectivity index (χ1n) is 11.3. The van der Waals surface area contributed by atoms with Gasteiger partial charge in [-0.05, 0) is 53.4 Å².